The molecule has 0 saturated heterocycles. The minimum Gasteiger partial charge on any atom is -0.489 e. The average molecular weight is 438 g/mol. The van der Waals surface area contributed by atoms with Crippen LogP contribution < -0.4 is 20.7 Å². The number of benzene rings is 2. The average Bonchev–Trinajstić information content (AvgIpc) is 2.76. The Bertz CT molecular complexity index is 1090. The monoisotopic (exact) mass is 437 g/mol. The van der Waals surface area contributed by atoms with Gasteiger partial charge < -0.3 is 25.8 Å². The molecule has 2 aromatic rings. The van der Waals surface area contributed by atoms with E-state index in [0.29, 0.717) is 5.69 Å². The van der Waals surface area contributed by atoms with Crippen molar-refractivity contribution < 1.29 is 19.2 Å². The van der Waals surface area contributed by atoms with Crippen LogP contribution in [0.2, 0.25) is 0 Å². The number of ether oxygens (including phenoxy) is 1. The van der Waals surface area contributed by atoms with Gasteiger partial charge >= 0.3 is 5.97 Å². The molecule has 1 aliphatic heterocycles. The first-order valence-electron chi connectivity index (χ1n) is 11.1. The molecular weight excluding hydrogens is 404 g/mol. The van der Waals surface area contributed by atoms with Gasteiger partial charge in [0.1, 0.15) is 25.9 Å². The SMILES string of the molecule is CNc1ccc(C2c3ccc(N(C)C)cc3OC3CC(=[N+](C)C)CCC32)c(C(=O)O)c1N. The summed E-state index contributed by atoms with van der Waals surface area (Å²) in [6, 6.07) is 10.0. The third-order valence-corrected chi connectivity index (χ3v) is 6.96. The summed E-state index contributed by atoms with van der Waals surface area (Å²) in [6.07, 6.45) is 2.74. The number of carboxylic acids is 1. The van der Waals surface area contributed by atoms with E-state index in [1.165, 1.54) is 5.71 Å². The zero-order valence-corrected chi connectivity index (χ0v) is 19.5. The predicted octanol–water partition coefficient (Wildman–Crippen LogP) is 3.48. The standard InChI is InChI=1S/C25H32N4O3/c1-27-19-11-10-18(23(24(19)26)25(30)31)22-16-8-6-14(28(2)3)12-20(16)32-21-13-15(29(4)5)7-9-17(21)22/h6,8,10-12,17,21-22,27H,7,9,13,26H2,1-5H3/p+1. The molecule has 0 bridgehead atoms. The first-order valence-corrected chi connectivity index (χ1v) is 11.1. The highest BCUT2D eigenvalue weighted by molar-refractivity contribution is 5.99. The number of carbonyl (C=O) groups is 1. The van der Waals surface area contributed by atoms with Crippen molar-refractivity contribution in [3.63, 3.8) is 0 Å². The number of nitrogen functional groups attached to an aromatic ring is 1. The van der Waals surface area contributed by atoms with E-state index in [0.717, 1.165) is 41.8 Å². The minimum absolute atomic E-state index is 0.0112. The Morgan fingerprint density at radius 1 is 1.22 bits per heavy atom. The Morgan fingerprint density at radius 3 is 2.56 bits per heavy atom. The number of carboxylic acid groups (broad SMARTS) is 1. The van der Waals surface area contributed by atoms with Crippen LogP contribution in [-0.2, 0) is 0 Å². The Balaban J connectivity index is 1.92. The summed E-state index contributed by atoms with van der Waals surface area (Å²) in [5, 5.41) is 13.1. The highest BCUT2D eigenvalue weighted by Gasteiger charge is 2.45. The zero-order valence-electron chi connectivity index (χ0n) is 19.5. The molecule has 1 fully saturated rings. The van der Waals surface area contributed by atoms with Crippen molar-refractivity contribution in [2.24, 2.45) is 5.92 Å². The summed E-state index contributed by atoms with van der Waals surface area (Å²) in [7, 11) is 9.91. The van der Waals surface area contributed by atoms with Crippen LogP contribution in [0.1, 0.15) is 46.7 Å². The first kappa shape index (κ1) is 22.0. The van der Waals surface area contributed by atoms with Gasteiger partial charge in [0, 0.05) is 56.7 Å². The number of anilines is 3. The maximum atomic E-state index is 12.4. The molecule has 3 unspecified atom stereocenters. The van der Waals surface area contributed by atoms with Gasteiger partial charge in [-0.1, -0.05) is 12.1 Å². The lowest BCUT2D eigenvalue weighted by molar-refractivity contribution is -0.468. The fourth-order valence-corrected chi connectivity index (χ4v) is 5.23. The second-order valence-corrected chi connectivity index (χ2v) is 9.16. The van der Waals surface area contributed by atoms with E-state index in [1.54, 1.807) is 7.05 Å². The fourth-order valence-electron chi connectivity index (χ4n) is 5.23. The number of fused-ring (bicyclic) bond motifs is 2. The van der Waals surface area contributed by atoms with Gasteiger partial charge in [0.25, 0.3) is 0 Å². The molecule has 7 heteroatoms. The van der Waals surface area contributed by atoms with Crippen molar-refractivity contribution in [2.45, 2.75) is 31.3 Å². The Morgan fingerprint density at radius 2 is 1.94 bits per heavy atom. The lowest BCUT2D eigenvalue weighted by Gasteiger charge is -2.43. The van der Waals surface area contributed by atoms with E-state index < -0.39 is 5.97 Å². The molecule has 3 atom stereocenters. The normalized spacial score (nSPS) is 21.8. The van der Waals surface area contributed by atoms with Gasteiger partial charge in [0.05, 0.1) is 23.4 Å². The third kappa shape index (κ3) is 3.66. The highest BCUT2D eigenvalue weighted by Crippen LogP contribution is 2.50. The second-order valence-electron chi connectivity index (χ2n) is 9.16. The number of hydrogen-bond acceptors (Lipinski definition) is 5. The zero-order chi connectivity index (χ0) is 23.2. The molecule has 2 aliphatic rings. The van der Waals surface area contributed by atoms with Crippen molar-refractivity contribution >= 4 is 28.7 Å². The van der Waals surface area contributed by atoms with Crippen molar-refractivity contribution in [1.29, 1.82) is 0 Å². The van der Waals surface area contributed by atoms with Gasteiger partial charge in [0.2, 0.25) is 0 Å². The van der Waals surface area contributed by atoms with Crippen LogP contribution in [0.5, 0.6) is 5.75 Å². The molecule has 4 rings (SSSR count). The van der Waals surface area contributed by atoms with E-state index in [4.69, 9.17) is 10.5 Å². The second kappa shape index (κ2) is 8.37. The summed E-state index contributed by atoms with van der Waals surface area (Å²) in [6.45, 7) is 0. The lowest BCUT2D eigenvalue weighted by Crippen LogP contribution is -2.43. The number of hydrogen-bond donors (Lipinski definition) is 3. The summed E-state index contributed by atoms with van der Waals surface area (Å²) in [4.78, 5) is 14.4. The van der Waals surface area contributed by atoms with Gasteiger partial charge in [-0.15, -0.1) is 0 Å². The summed E-state index contributed by atoms with van der Waals surface area (Å²) in [5.74, 6) is -0.0900. The summed E-state index contributed by atoms with van der Waals surface area (Å²) < 4.78 is 8.75. The molecule has 32 heavy (non-hydrogen) atoms. The van der Waals surface area contributed by atoms with Gasteiger partial charge in [-0.3, -0.25) is 0 Å². The van der Waals surface area contributed by atoms with E-state index in [-0.39, 0.29) is 29.2 Å². The largest absolute Gasteiger partial charge is 0.489 e. The Labute approximate surface area is 189 Å². The topological polar surface area (TPSA) is 90.8 Å². The van der Waals surface area contributed by atoms with E-state index in [1.807, 2.05) is 31.1 Å². The predicted molar refractivity (Wildman–Crippen MR) is 129 cm³/mol. The van der Waals surface area contributed by atoms with E-state index in [2.05, 4.69) is 42.2 Å². The minimum atomic E-state index is -1.000. The van der Waals surface area contributed by atoms with Crippen LogP contribution in [0.4, 0.5) is 17.1 Å². The van der Waals surface area contributed by atoms with Crippen molar-refractivity contribution in [2.75, 3.05) is 51.2 Å². The van der Waals surface area contributed by atoms with Crippen molar-refractivity contribution in [3.8, 4) is 5.75 Å². The number of nitrogens with one attached hydrogen (secondary N) is 1. The lowest BCUT2D eigenvalue weighted by atomic mass is 9.68. The van der Waals surface area contributed by atoms with Crippen LogP contribution in [0.3, 0.4) is 0 Å². The number of rotatable bonds is 4. The van der Waals surface area contributed by atoms with Gasteiger partial charge in [-0.05, 0) is 24.1 Å². The van der Waals surface area contributed by atoms with Gasteiger partial charge in [-0.2, -0.15) is 0 Å². The van der Waals surface area contributed by atoms with Crippen LogP contribution in [0.15, 0.2) is 30.3 Å². The first-order chi connectivity index (χ1) is 15.2. The molecule has 0 amide bonds. The summed E-state index contributed by atoms with van der Waals surface area (Å²) in [5.41, 5.74) is 11.6. The summed E-state index contributed by atoms with van der Waals surface area (Å²) >= 11 is 0. The van der Waals surface area contributed by atoms with E-state index in [9.17, 15) is 9.90 Å². The smallest absolute Gasteiger partial charge is 0.338 e. The van der Waals surface area contributed by atoms with Gasteiger partial charge in [0.15, 0.2) is 5.71 Å². The van der Waals surface area contributed by atoms with Crippen LogP contribution in [0, 0.1) is 5.92 Å². The molecule has 7 nitrogen and oxygen atoms in total. The molecule has 0 aromatic heterocycles. The maximum absolute atomic E-state index is 12.4. The van der Waals surface area contributed by atoms with Crippen molar-refractivity contribution in [3.05, 3.63) is 47.0 Å². The molecule has 0 spiro atoms. The molecule has 1 saturated carbocycles. The van der Waals surface area contributed by atoms with Crippen molar-refractivity contribution in [1.82, 2.24) is 0 Å². The van der Waals surface area contributed by atoms with E-state index >= 15 is 0 Å². The molecule has 170 valence electrons. The molecule has 1 aliphatic carbocycles. The third-order valence-electron chi connectivity index (χ3n) is 6.96. The molecule has 1 heterocycles. The number of aromatic carboxylic acids is 1. The molecule has 4 N–H and O–H groups in total. The van der Waals surface area contributed by atoms with Crippen LogP contribution in [-0.4, -0.2) is 62.7 Å². The Kier molecular flexibility index (Phi) is 5.75. The molecular formula is C25H33N4O3+. The molecule has 0 radical (unpaired) electrons. The fraction of sp³-hybridized carbons (Fsp3) is 0.440. The van der Waals surface area contributed by atoms with Gasteiger partial charge in [-0.25, -0.2) is 9.37 Å². The number of nitrogens with zero attached hydrogens (tertiary/aromatic N) is 2. The van der Waals surface area contributed by atoms with Crippen LogP contribution >= 0.6 is 0 Å². The highest BCUT2D eigenvalue weighted by atomic mass is 16.5. The number of nitrogens with two attached hydrogens (primary N) is 1. The maximum Gasteiger partial charge on any atom is 0.338 e. The molecule has 2 aromatic carbocycles. The van der Waals surface area contributed by atoms with Crippen LogP contribution in [0.25, 0.3) is 0 Å². The Hall–Kier alpha value is -3.22. The quantitative estimate of drug-likeness (QED) is 0.501.